The fourth-order valence-corrected chi connectivity index (χ4v) is 1.83. The van der Waals surface area contributed by atoms with Gasteiger partial charge < -0.3 is 0 Å². The highest BCUT2D eigenvalue weighted by atomic mass is 16.1. The van der Waals surface area contributed by atoms with Gasteiger partial charge in [-0.2, -0.15) is 5.10 Å². The van der Waals surface area contributed by atoms with Gasteiger partial charge >= 0.3 is 0 Å². The maximum atomic E-state index is 12.0. The second-order valence-corrected chi connectivity index (χ2v) is 3.84. The first-order valence-electron chi connectivity index (χ1n) is 5.68. The Balaban J connectivity index is 2.29. The first-order valence-corrected chi connectivity index (χ1v) is 5.68. The highest BCUT2D eigenvalue weighted by Crippen LogP contribution is 2.12. The lowest BCUT2D eigenvalue weighted by molar-refractivity contribution is 0.578. The number of benzene rings is 1. The third-order valence-corrected chi connectivity index (χ3v) is 2.76. The summed E-state index contributed by atoms with van der Waals surface area (Å²) >= 11 is 0. The van der Waals surface area contributed by atoms with Crippen molar-refractivity contribution in [2.75, 3.05) is 0 Å². The number of fused-ring (bicyclic) bond motifs is 1. The van der Waals surface area contributed by atoms with Gasteiger partial charge in [0.25, 0.3) is 5.56 Å². The molecule has 0 aliphatic rings. The predicted octanol–water partition coefficient (Wildman–Crippen LogP) is 0.997. The number of hydrogen-bond donors (Lipinski definition) is 0. The average Bonchev–Trinajstić information content (AvgIpc) is 2.85. The van der Waals surface area contributed by atoms with Crippen molar-refractivity contribution in [3.05, 3.63) is 46.9 Å². The van der Waals surface area contributed by atoms with Crippen LogP contribution in [0.1, 0.15) is 6.92 Å². The Morgan fingerprint density at radius 2 is 2.00 bits per heavy atom. The van der Waals surface area contributed by atoms with Crippen molar-refractivity contribution in [1.29, 1.82) is 0 Å². The van der Waals surface area contributed by atoms with Crippen LogP contribution in [0.3, 0.4) is 0 Å². The maximum Gasteiger partial charge on any atom is 0.280 e. The summed E-state index contributed by atoms with van der Waals surface area (Å²) in [6, 6.07) is 9.54. The molecule has 0 saturated heterocycles. The SMILES string of the molecule is CCn1nnc2c(cnn2-c2ccccc2)c1=O. The van der Waals surface area contributed by atoms with E-state index in [0.29, 0.717) is 17.6 Å². The minimum absolute atomic E-state index is 0.162. The Kier molecular flexibility index (Phi) is 2.40. The highest BCUT2D eigenvalue weighted by molar-refractivity contribution is 5.74. The lowest BCUT2D eigenvalue weighted by atomic mass is 10.3. The zero-order valence-electron chi connectivity index (χ0n) is 9.82. The Hall–Kier alpha value is -2.50. The molecule has 2 aromatic heterocycles. The molecule has 3 rings (SSSR count). The van der Waals surface area contributed by atoms with Crippen LogP contribution >= 0.6 is 0 Å². The molecule has 0 aliphatic carbocycles. The molecule has 0 saturated carbocycles. The van der Waals surface area contributed by atoms with Crippen LogP contribution in [0.15, 0.2) is 41.3 Å². The van der Waals surface area contributed by atoms with E-state index in [2.05, 4.69) is 15.4 Å². The van der Waals surface area contributed by atoms with E-state index < -0.39 is 0 Å². The number of nitrogens with zero attached hydrogens (tertiary/aromatic N) is 5. The molecule has 1 aromatic carbocycles. The van der Waals surface area contributed by atoms with Gasteiger partial charge in [0.1, 0.15) is 5.39 Å². The summed E-state index contributed by atoms with van der Waals surface area (Å²) in [5.74, 6) is 0. The molecule has 0 amide bonds. The van der Waals surface area contributed by atoms with Gasteiger partial charge in [0, 0.05) is 6.54 Å². The van der Waals surface area contributed by atoms with Crippen molar-refractivity contribution in [3.63, 3.8) is 0 Å². The first-order chi connectivity index (χ1) is 8.81. The third kappa shape index (κ3) is 1.50. The summed E-state index contributed by atoms with van der Waals surface area (Å²) < 4.78 is 2.93. The zero-order chi connectivity index (χ0) is 12.5. The Morgan fingerprint density at radius 3 is 2.72 bits per heavy atom. The first kappa shape index (κ1) is 10.6. The van der Waals surface area contributed by atoms with E-state index in [-0.39, 0.29) is 5.56 Å². The van der Waals surface area contributed by atoms with Gasteiger partial charge in [-0.25, -0.2) is 9.36 Å². The van der Waals surface area contributed by atoms with Crippen LogP contribution in [-0.2, 0) is 6.54 Å². The average molecular weight is 241 g/mol. The molecule has 90 valence electrons. The fraction of sp³-hybridized carbons (Fsp3) is 0.167. The Morgan fingerprint density at radius 1 is 1.22 bits per heavy atom. The van der Waals surface area contributed by atoms with E-state index in [1.807, 2.05) is 37.3 Å². The van der Waals surface area contributed by atoms with E-state index >= 15 is 0 Å². The quantitative estimate of drug-likeness (QED) is 0.671. The molecule has 0 bridgehead atoms. The minimum atomic E-state index is -0.162. The number of rotatable bonds is 2. The van der Waals surface area contributed by atoms with Gasteiger partial charge in [0.05, 0.1) is 11.9 Å². The van der Waals surface area contributed by atoms with E-state index in [1.165, 1.54) is 10.9 Å². The van der Waals surface area contributed by atoms with Gasteiger partial charge in [-0.1, -0.05) is 23.4 Å². The van der Waals surface area contributed by atoms with Gasteiger partial charge in [-0.3, -0.25) is 4.79 Å². The molecule has 0 aliphatic heterocycles. The van der Waals surface area contributed by atoms with Crippen molar-refractivity contribution in [2.24, 2.45) is 0 Å². The summed E-state index contributed by atoms with van der Waals surface area (Å²) in [6.07, 6.45) is 1.53. The van der Waals surface area contributed by atoms with E-state index in [9.17, 15) is 4.79 Å². The predicted molar refractivity (Wildman–Crippen MR) is 66.6 cm³/mol. The van der Waals surface area contributed by atoms with Crippen molar-refractivity contribution < 1.29 is 0 Å². The van der Waals surface area contributed by atoms with Crippen molar-refractivity contribution in [3.8, 4) is 5.69 Å². The molecule has 0 unspecified atom stereocenters. The molecular formula is C12H11N5O. The molecule has 0 atom stereocenters. The van der Waals surface area contributed by atoms with Crippen LogP contribution in [0, 0.1) is 0 Å². The Labute approximate surface area is 102 Å². The second-order valence-electron chi connectivity index (χ2n) is 3.84. The molecule has 0 fully saturated rings. The number of aryl methyl sites for hydroxylation is 1. The molecule has 0 radical (unpaired) electrons. The fourth-order valence-electron chi connectivity index (χ4n) is 1.83. The number of aromatic nitrogens is 5. The van der Waals surface area contributed by atoms with Crippen molar-refractivity contribution in [2.45, 2.75) is 13.5 Å². The second kappa shape index (κ2) is 4.06. The van der Waals surface area contributed by atoms with Crippen LogP contribution in [0.25, 0.3) is 16.7 Å². The van der Waals surface area contributed by atoms with Crippen LogP contribution in [0.5, 0.6) is 0 Å². The summed E-state index contributed by atoms with van der Waals surface area (Å²) in [4.78, 5) is 12.0. The minimum Gasteiger partial charge on any atom is -0.267 e. The van der Waals surface area contributed by atoms with Gasteiger partial charge in [-0.15, -0.1) is 5.10 Å². The number of para-hydroxylation sites is 1. The topological polar surface area (TPSA) is 65.6 Å². The molecule has 2 heterocycles. The molecule has 6 nitrogen and oxygen atoms in total. The summed E-state index contributed by atoms with van der Waals surface area (Å²) in [5.41, 5.74) is 1.18. The normalized spacial score (nSPS) is 10.9. The van der Waals surface area contributed by atoms with Crippen LogP contribution in [0.4, 0.5) is 0 Å². The maximum absolute atomic E-state index is 12.0. The number of hydrogen-bond acceptors (Lipinski definition) is 4. The van der Waals surface area contributed by atoms with Gasteiger partial charge in [0.2, 0.25) is 0 Å². The molecule has 3 aromatic rings. The van der Waals surface area contributed by atoms with E-state index in [0.717, 1.165) is 5.69 Å². The molecule has 0 spiro atoms. The lowest BCUT2D eigenvalue weighted by Gasteiger charge is -2.02. The van der Waals surface area contributed by atoms with Crippen molar-refractivity contribution in [1.82, 2.24) is 24.8 Å². The molecular weight excluding hydrogens is 230 g/mol. The van der Waals surface area contributed by atoms with E-state index in [1.54, 1.807) is 4.68 Å². The molecule has 6 heteroatoms. The third-order valence-electron chi connectivity index (χ3n) is 2.76. The zero-order valence-corrected chi connectivity index (χ0v) is 9.82. The highest BCUT2D eigenvalue weighted by Gasteiger charge is 2.11. The largest absolute Gasteiger partial charge is 0.280 e. The summed E-state index contributed by atoms with van der Waals surface area (Å²) in [6.45, 7) is 2.35. The van der Waals surface area contributed by atoms with E-state index in [4.69, 9.17) is 0 Å². The van der Waals surface area contributed by atoms with Crippen molar-refractivity contribution >= 4 is 11.0 Å². The van der Waals surface area contributed by atoms with Crippen LogP contribution in [0.2, 0.25) is 0 Å². The summed E-state index contributed by atoms with van der Waals surface area (Å²) in [7, 11) is 0. The monoisotopic (exact) mass is 241 g/mol. The Bertz CT molecular complexity index is 744. The molecule has 0 N–H and O–H groups in total. The standard InChI is InChI=1S/C12H11N5O/c1-2-16-12(18)10-8-13-17(11(10)14-15-16)9-6-4-3-5-7-9/h3-8H,2H2,1H3. The smallest absolute Gasteiger partial charge is 0.267 e. The molecule has 18 heavy (non-hydrogen) atoms. The summed E-state index contributed by atoms with van der Waals surface area (Å²) in [5, 5.41) is 12.6. The van der Waals surface area contributed by atoms with Gasteiger partial charge in [-0.05, 0) is 19.1 Å². The van der Waals surface area contributed by atoms with Crippen LogP contribution in [-0.4, -0.2) is 24.8 Å². The van der Waals surface area contributed by atoms with Gasteiger partial charge in [0.15, 0.2) is 5.65 Å². The lowest BCUT2D eigenvalue weighted by Crippen LogP contribution is -2.23. The van der Waals surface area contributed by atoms with Crippen LogP contribution < -0.4 is 5.56 Å².